The van der Waals surface area contributed by atoms with E-state index in [4.69, 9.17) is 24.7 Å². The Morgan fingerprint density at radius 3 is 2.59 bits per heavy atom. The molecule has 10 nitrogen and oxygen atoms in total. The van der Waals surface area contributed by atoms with Crippen molar-refractivity contribution in [1.82, 2.24) is 5.32 Å². The maximum absolute atomic E-state index is 12.4. The van der Waals surface area contributed by atoms with Crippen molar-refractivity contribution in [1.29, 1.82) is 0 Å². The fourth-order valence-electron chi connectivity index (χ4n) is 9.41. The van der Waals surface area contributed by atoms with Crippen molar-refractivity contribution in [3.05, 3.63) is 11.6 Å². The Hall–Kier alpha value is -1.56. The van der Waals surface area contributed by atoms with E-state index in [1.165, 1.54) is 0 Å². The zero-order valence-electron chi connectivity index (χ0n) is 24.8. The summed E-state index contributed by atoms with van der Waals surface area (Å²) in [7, 11) is 0. The summed E-state index contributed by atoms with van der Waals surface area (Å²) in [6.45, 7) is 7.54. The molecule has 41 heavy (non-hydrogen) atoms. The molecule has 0 radical (unpaired) electrons. The van der Waals surface area contributed by atoms with Gasteiger partial charge in [-0.25, -0.2) is 4.79 Å². The van der Waals surface area contributed by atoms with E-state index < -0.39 is 17.1 Å². The highest BCUT2D eigenvalue weighted by molar-refractivity contribution is 5.85. The molecule has 4 saturated carbocycles. The molecule has 5 aliphatic rings. The van der Waals surface area contributed by atoms with E-state index in [1.807, 2.05) is 6.92 Å². The Bertz CT molecular complexity index is 991. The average Bonchev–Trinajstić information content (AvgIpc) is 3.50. The molecule has 0 saturated heterocycles. The second-order valence-electron chi connectivity index (χ2n) is 13.4. The third-order valence-corrected chi connectivity index (χ3v) is 11.7. The smallest absolute Gasteiger partial charge is 0.331 e. The summed E-state index contributed by atoms with van der Waals surface area (Å²) in [5, 5.41) is 26.9. The summed E-state index contributed by atoms with van der Waals surface area (Å²) in [6, 6.07) is 0. The topological polar surface area (TPSA) is 150 Å². The number of carbonyl (C=O) groups excluding carboxylic acids is 2. The van der Waals surface area contributed by atoms with E-state index in [2.05, 4.69) is 12.2 Å². The van der Waals surface area contributed by atoms with Gasteiger partial charge in [0.2, 0.25) is 5.91 Å². The number of hydrogen-bond donors (Lipinski definition) is 4. The van der Waals surface area contributed by atoms with E-state index in [0.29, 0.717) is 58.3 Å². The molecule has 0 aromatic rings. The molecular weight excluding hydrogens is 528 g/mol. The quantitative estimate of drug-likeness (QED) is 0.201. The van der Waals surface area contributed by atoms with Gasteiger partial charge in [0, 0.05) is 24.6 Å². The molecule has 0 spiro atoms. The van der Waals surface area contributed by atoms with Crippen molar-refractivity contribution in [3.8, 4) is 0 Å². The van der Waals surface area contributed by atoms with Crippen molar-refractivity contribution in [2.45, 2.75) is 83.0 Å². The van der Waals surface area contributed by atoms with Crippen molar-refractivity contribution < 1.29 is 38.7 Å². The summed E-state index contributed by atoms with van der Waals surface area (Å²) in [5.41, 5.74) is 4.66. The van der Waals surface area contributed by atoms with Gasteiger partial charge in [-0.05, 0) is 86.0 Å². The lowest BCUT2D eigenvalue weighted by Crippen LogP contribution is -2.67. The number of hydrogen-bond acceptors (Lipinski definition) is 9. The fourth-order valence-corrected chi connectivity index (χ4v) is 9.41. The SMILES string of the molecule is C[C@@]12CC[C@@H](OCC(=O)NCCOCCOCCN)C[C@@H]1CCC1[C@@H]2C[C@H](O)[C@@]2(C)C(C3=CC(=O)OC3)CC[C@@]12O. The molecule has 232 valence electrons. The van der Waals surface area contributed by atoms with E-state index in [1.54, 1.807) is 6.08 Å². The van der Waals surface area contributed by atoms with E-state index in [0.717, 1.165) is 44.1 Å². The average molecular weight is 579 g/mol. The predicted octanol–water partition coefficient (Wildman–Crippen LogP) is 1.71. The zero-order chi connectivity index (χ0) is 29.3. The van der Waals surface area contributed by atoms with Crippen LogP contribution in [0.1, 0.15) is 65.2 Å². The Morgan fingerprint density at radius 2 is 1.85 bits per heavy atom. The normalized spacial score (nSPS) is 41.7. The first-order valence-electron chi connectivity index (χ1n) is 15.6. The van der Waals surface area contributed by atoms with Crippen LogP contribution in [0.25, 0.3) is 0 Å². The van der Waals surface area contributed by atoms with Gasteiger partial charge < -0.3 is 40.2 Å². The minimum atomic E-state index is -0.965. The molecule has 4 aliphatic carbocycles. The molecule has 10 heteroatoms. The van der Waals surface area contributed by atoms with Gasteiger partial charge in [0.15, 0.2) is 0 Å². The highest BCUT2D eigenvalue weighted by Crippen LogP contribution is 2.70. The Kier molecular flexibility index (Phi) is 9.48. The standard InChI is InChI=1S/C31H50N2O8/c1-29-7-5-22(40-19-27(35)33-10-12-39-14-13-38-11-9-32)16-21(29)3-4-24-25(29)17-26(34)30(2)23(6-8-31(24,30)37)20-15-28(36)41-18-20/h15,21-26,34,37H,3-14,16-19,32H2,1-2H3,(H,33,35)/t21-,22+,23?,24?,25-,26-,29+,30+,31+/m0/s1. The third-order valence-electron chi connectivity index (χ3n) is 11.7. The largest absolute Gasteiger partial charge is 0.458 e. The van der Waals surface area contributed by atoms with Crippen LogP contribution < -0.4 is 11.1 Å². The second kappa shape index (κ2) is 12.6. The molecule has 2 unspecified atom stereocenters. The summed E-state index contributed by atoms with van der Waals surface area (Å²) in [5.74, 6) is 0.286. The van der Waals surface area contributed by atoms with Crippen LogP contribution in [-0.4, -0.2) is 92.6 Å². The number of nitrogens with two attached hydrogens (primary N) is 1. The molecular formula is C31H50N2O8. The van der Waals surface area contributed by atoms with Gasteiger partial charge in [0.1, 0.15) is 13.2 Å². The van der Waals surface area contributed by atoms with Crippen molar-refractivity contribution >= 4 is 11.9 Å². The monoisotopic (exact) mass is 578 g/mol. The minimum absolute atomic E-state index is 0.0120. The minimum Gasteiger partial charge on any atom is -0.458 e. The number of aliphatic hydroxyl groups excluding tert-OH is 1. The number of amides is 1. The summed E-state index contributed by atoms with van der Waals surface area (Å²) >= 11 is 0. The molecule has 5 N–H and O–H groups in total. The number of fused-ring (bicyclic) bond motifs is 5. The van der Waals surface area contributed by atoms with E-state index >= 15 is 0 Å². The summed E-state index contributed by atoms with van der Waals surface area (Å²) < 4.78 is 22.0. The molecule has 0 aromatic carbocycles. The van der Waals surface area contributed by atoms with Crippen LogP contribution in [0.15, 0.2) is 11.6 Å². The molecule has 4 fully saturated rings. The highest BCUT2D eigenvalue weighted by Gasteiger charge is 2.70. The maximum atomic E-state index is 12.4. The number of ether oxygens (including phenoxy) is 4. The van der Waals surface area contributed by atoms with Crippen LogP contribution in [0.5, 0.6) is 0 Å². The van der Waals surface area contributed by atoms with Gasteiger partial charge in [-0.2, -0.15) is 0 Å². The molecule has 0 bridgehead atoms. The van der Waals surface area contributed by atoms with Crippen LogP contribution >= 0.6 is 0 Å². The Morgan fingerprint density at radius 1 is 1.07 bits per heavy atom. The van der Waals surface area contributed by atoms with E-state index in [-0.39, 0.29) is 54.4 Å². The second-order valence-corrected chi connectivity index (χ2v) is 13.4. The molecule has 9 atom stereocenters. The van der Waals surface area contributed by atoms with Crippen molar-refractivity contribution in [2.75, 3.05) is 52.7 Å². The van der Waals surface area contributed by atoms with E-state index in [9.17, 15) is 19.8 Å². The first-order chi connectivity index (χ1) is 19.6. The molecule has 1 amide bonds. The molecule has 0 aromatic heterocycles. The first-order valence-corrected chi connectivity index (χ1v) is 15.6. The van der Waals surface area contributed by atoms with Crippen molar-refractivity contribution in [3.63, 3.8) is 0 Å². The lowest BCUT2D eigenvalue weighted by Gasteiger charge is -2.65. The van der Waals surface area contributed by atoms with Gasteiger partial charge in [-0.3, -0.25) is 4.79 Å². The van der Waals surface area contributed by atoms with Crippen molar-refractivity contribution in [2.24, 2.45) is 40.2 Å². The summed E-state index contributed by atoms with van der Waals surface area (Å²) in [4.78, 5) is 24.1. The van der Waals surface area contributed by atoms with Gasteiger partial charge >= 0.3 is 5.97 Å². The van der Waals surface area contributed by atoms with Gasteiger partial charge in [0.25, 0.3) is 0 Å². The fraction of sp³-hybridized carbons (Fsp3) is 0.871. The molecule has 1 aliphatic heterocycles. The molecule has 1 heterocycles. The van der Waals surface area contributed by atoms with Crippen LogP contribution in [0.4, 0.5) is 0 Å². The lowest BCUT2D eigenvalue weighted by molar-refractivity contribution is -0.245. The van der Waals surface area contributed by atoms with Gasteiger partial charge in [-0.15, -0.1) is 0 Å². The van der Waals surface area contributed by atoms with Crippen LogP contribution in [0, 0.1) is 34.5 Å². The van der Waals surface area contributed by atoms with Crippen LogP contribution in [0.2, 0.25) is 0 Å². The third kappa shape index (κ3) is 5.72. The number of aliphatic hydroxyl groups is 2. The first kappa shape index (κ1) is 30.9. The van der Waals surface area contributed by atoms with Gasteiger partial charge in [0.05, 0.1) is 44.2 Å². The number of esters is 1. The van der Waals surface area contributed by atoms with Gasteiger partial charge in [-0.1, -0.05) is 13.8 Å². The number of carbonyl (C=O) groups is 2. The molecule has 5 rings (SSSR count). The highest BCUT2D eigenvalue weighted by atomic mass is 16.5. The number of rotatable bonds is 12. The Labute approximate surface area is 243 Å². The number of nitrogens with one attached hydrogen (secondary N) is 1. The zero-order valence-corrected chi connectivity index (χ0v) is 24.8. The predicted molar refractivity (Wildman–Crippen MR) is 151 cm³/mol. The van der Waals surface area contributed by atoms with Crippen LogP contribution in [-0.2, 0) is 28.5 Å². The summed E-state index contributed by atoms with van der Waals surface area (Å²) in [6.07, 6.45) is 7.73. The van der Waals surface area contributed by atoms with Crippen LogP contribution in [0.3, 0.4) is 0 Å². The number of cyclic esters (lactones) is 1. The Balaban J connectivity index is 1.13. The lowest BCUT2D eigenvalue weighted by atomic mass is 9.42. The maximum Gasteiger partial charge on any atom is 0.331 e.